The summed E-state index contributed by atoms with van der Waals surface area (Å²) in [5.41, 5.74) is 2.15. The molecule has 6 nitrogen and oxygen atoms in total. The van der Waals surface area contributed by atoms with Gasteiger partial charge in [0.15, 0.2) is 0 Å². The third-order valence-corrected chi connectivity index (χ3v) is 4.26. The summed E-state index contributed by atoms with van der Waals surface area (Å²) >= 11 is 0. The molecule has 0 aromatic heterocycles. The molecule has 1 N–H and O–H groups in total. The first-order valence-electron chi connectivity index (χ1n) is 8.86. The van der Waals surface area contributed by atoms with E-state index in [0.717, 1.165) is 11.3 Å². The molecule has 2 unspecified atom stereocenters. The molecule has 27 heavy (non-hydrogen) atoms. The molecule has 2 aromatic rings. The van der Waals surface area contributed by atoms with Crippen LogP contribution in [0, 0.1) is 0 Å². The van der Waals surface area contributed by atoms with Gasteiger partial charge in [-0.25, -0.2) is 4.79 Å². The molecule has 0 bridgehead atoms. The van der Waals surface area contributed by atoms with E-state index >= 15 is 0 Å². The van der Waals surface area contributed by atoms with Gasteiger partial charge in [0, 0.05) is 6.07 Å². The molecule has 0 spiro atoms. The number of rotatable bonds is 6. The van der Waals surface area contributed by atoms with Crippen molar-refractivity contribution in [3.63, 3.8) is 0 Å². The minimum atomic E-state index is -1.03. The number of aromatic carboxylic acids is 1. The lowest BCUT2D eigenvalue weighted by atomic mass is 9.91. The molecule has 1 aliphatic heterocycles. The maximum absolute atomic E-state index is 11.4. The quantitative estimate of drug-likeness (QED) is 0.788. The molecule has 0 amide bonds. The number of carboxylic acid groups (broad SMARTS) is 1. The molecule has 0 radical (unpaired) electrons. The smallest absolute Gasteiger partial charge is 0.335 e. The van der Waals surface area contributed by atoms with Gasteiger partial charge in [0.05, 0.1) is 23.3 Å². The van der Waals surface area contributed by atoms with Crippen molar-refractivity contribution >= 4 is 11.7 Å². The summed E-state index contributed by atoms with van der Waals surface area (Å²) in [4.78, 5) is 16.7. The average molecular weight is 369 g/mol. The first-order chi connectivity index (χ1) is 12.8. The van der Waals surface area contributed by atoms with E-state index < -0.39 is 5.97 Å². The van der Waals surface area contributed by atoms with Crippen LogP contribution in [0.4, 0.5) is 0 Å². The first-order valence-corrected chi connectivity index (χ1v) is 8.86. The highest BCUT2D eigenvalue weighted by Crippen LogP contribution is 2.32. The Morgan fingerprint density at radius 2 is 1.78 bits per heavy atom. The Kier molecular flexibility index (Phi) is 5.35. The molecule has 2 aromatic carbocycles. The molecule has 0 aliphatic carbocycles. The van der Waals surface area contributed by atoms with Crippen LogP contribution in [0.15, 0.2) is 47.6 Å². The molecule has 6 heteroatoms. The number of carbonyl (C=O) groups is 1. The van der Waals surface area contributed by atoms with Crippen molar-refractivity contribution in [2.24, 2.45) is 5.16 Å². The molecular formula is C21H23NO5. The third-order valence-electron chi connectivity index (χ3n) is 4.26. The number of hydrogen-bond donors (Lipinski definition) is 1. The van der Waals surface area contributed by atoms with Crippen LogP contribution in [-0.2, 0) is 4.84 Å². The van der Waals surface area contributed by atoms with Gasteiger partial charge in [0.2, 0.25) is 0 Å². The van der Waals surface area contributed by atoms with Crippen LogP contribution in [0.25, 0.3) is 0 Å². The van der Waals surface area contributed by atoms with Crippen LogP contribution >= 0.6 is 0 Å². The number of oxime groups is 1. The standard InChI is InChI=1S/C21H23NO5/c1-12(2)25-18-9-16(21(23)24)10-19(11-18)26-17-7-5-15(6-8-17)20-13(3)22-27-14(20)4/h5-12,14,20H,1-4H3,(H,23,24). The topological polar surface area (TPSA) is 77.3 Å². The van der Waals surface area contributed by atoms with Crippen molar-refractivity contribution in [2.45, 2.75) is 45.8 Å². The molecule has 1 heterocycles. The monoisotopic (exact) mass is 369 g/mol. The van der Waals surface area contributed by atoms with Crippen LogP contribution in [-0.4, -0.2) is 29.0 Å². The van der Waals surface area contributed by atoms with Crippen molar-refractivity contribution in [2.75, 3.05) is 0 Å². The van der Waals surface area contributed by atoms with E-state index in [2.05, 4.69) is 5.16 Å². The van der Waals surface area contributed by atoms with Gasteiger partial charge in [-0.05, 0) is 57.5 Å². The van der Waals surface area contributed by atoms with E-state index in [4.69, 9.17) is 14.3 Å². The fourth-order valence-corrected chi connectivity index (χ4v) is 3.11. The van der Waals surface area contributed by atoms with Crippen molar-refractivity contribution in [1.29, 1.82) is 0 Å². The number of benzene rings is 2. The molecule has 3 rings (SSSR count). The molecule has 1 aliphatic rings. The van der Waals surface area contributed by atoms with E-state index in [0.29, 0.717) is 17.2 Å². The summed E-state index contributed by atoms with van der Waals surface area (Å²) < 4.78 is 11.5. The van der Waals surface area contributed by atoms with E-state index in [1.807, 2.05) is 52.0 Å². The predicted octanol–water partition coefficient (Wildman–Crippen LogP) is 4.84. The van der Waals surface area contributed by atoms with Gasteiger partial charge in [-0.3, -0.25) is 0 Å². The molecule has 142 valence electrons. The zero-order chi connectivity index (χ0) is 19.6. The number of carboxylic acids is 1. The second-order valence-corrected chi connectivity index (χ2v) is 6.86. The van der Waals surface area contributed by atoms with Crippen LogP contribution in [0.1, 0.15) is 49.5 Å². The summed E-state index contributed by atoms with van der Waals surface area (Å²) in [7, 11) is 0. The van der Waals surface area contributed by atoms with Gasteiger partial charge in [-0.2, -0.15) is 0 Å². The first kappa shape index (κ1) is 18.8. The Balaban J connectivity index is 1.81. The minimum Gasteiger partial charge on any atom is -0.491 e. The highest BCUT2D eigenvalue weighted by molar-refractivity contribution is 5.90. The van der Waals surface area contributed by atoms with Crippen LogP contribution < -0.4 is 9.47 Å². The third kappa shape index (κ3) is 4.39. The Morgan fingerprint density at radius 1 is 1.11 bits per heavy atom. The van der Waals surface area contributed by atoms with Crippen molar-refractivity contribution in [3.05, 3.63) is 53.6 Å². The second kappa shape index (κ2) is 7.70. The van der Waals surface area contributed by atoms with Crippen molar-refractivity contribution in [1.82, 2.24) is 0 Å². The molecule has 2 atom stereocenters. The summed E-state index contributed by atoms with van der Waals surface area (Å²) in [6.07, 6.45) is -0.0681. The SMILES string of the molecule is CC1=NOC(C)C1c1ccc(Oc2cc(OC(C)C)cc(C(=O)O)c2)cc1. The lowest BCUT2D eigenvalue weighted by Gasteiger charge is -2.15. The lowest BCUT2D eigenvalue weighted by molar-refractivity contribution is 0.0695. The predicted molar refractivity (Wildman–Crippen MR) is 102 cm³/mol. The summed E-state index contributed by atoms with van der Waals surface area (Å²) in [6, 6.07) is 12.3. The minimum absolute atomic E-state index is 0.000225. The zero-order valence-electron chi connectivity index (χ0n) is 15.8. The number of hydrogen-bond acceptors (Lipinski definition) is 5. The van der Waals surface area contributed by atoms with Crippen LogP contribution in [0.5, 0.6) is 17.2 Å². The maximum atomic E-state index is 11.4. The Bertz CT molecular complexity index is 857. The Labute approximate surface area is 158 Å². The second-order valence-electron chi connectivity index (χ2n) is 6.86. The fraction of sp³-hybridized carbons (Fsp3) is 0.333. The Morgan fingerprint density at radius 3 is 2.33 bits per heavy atom. The van der Waals surface area contributed by atoms with E-state index in [1.54, 1.807) is 6.07 Å². The molecule has 0 saturated carbocycles. The maximum Gasteiger partial charge on any atom is 0.335 e. The van der Waals surface area contributed by atoms with Gasteiger partial charge in [-0.1, -0.05) is 17.3 Å². The largest absolute Gasteiger partial charge is 0.491 e. The van der Waals surface area contributed by atoms with Crippen LogP contribution in [0.3, 0.4) is 0 Å². The van der Waals surface area contributed by atoms with E-state index in [1.165, 1.54) is 12.1 Å². The highest BCUT2D eigenvalue weighted by atomic mass is 16.6. The fourth-order valence-electron chi connectivity index (χ4n) is 3.11. The van der Waals surface area contributed by atoms with E-state index in [9.17, 15) is 9.90 Å². The number of ether oxygens (including phenoxy) is 2. The van der Waals surface area contributed by atoms with Gasteiger partial charge in [0.25, 0.3) is 0 Å². The average Bonchev–Trinajstić information content (AvgIpc) is 2.93. The summed E-state index contributed by atoms with van der Waals surface area (Å²) in [5, 5.41) is 13.3. The molecule has 0 fully saturated rings. The van der Waals surface area contributed by atoms with Crippen molar-refractivity contribution < 1.29 is 24.2 Å². The van der Waals surface area contributed by atoms with Crippen LogP contribution in [0.2, 0.25) is 0 Å². The summed E-state index contributed by atoms with van der Waals surface area (Å²) in [6.45, 7) is 7.70. The Hall–Kier alpha value is -3.02. The molecular weight excluding hydrogens is 346 g/mol. The molecule has 0 saturated heterocycles. The zero-order valence-corrected chi connectivity index (χ0v) is 15.8. The van der Waals surface area contributed by atoms with Crippen molar-refractivity contribution in [3.8, 4) is 17.2 Å². The number of nitrogens with zero attached hydrogens (tertiary/aromatic N) is 1. The van der Waals surface area contributed by atoms with Gasteiger partial charge < -0.3 is 19.4 Å². The summed E-state index contributed by atoms with van der Waals surface area (Å²) in [5.74, 6) is 0.571. The van der Waals surface area contributed by atoms with Gasteiger partial charge in [0.1, 0.15) is 23.4 Å². The van der Waals surface area contributed by atoms with Gasteiger partial charge in [-0.15, -0.1) is 0 Å². The lowest BCUT2D eigenvalue weighted by Crippen LogP contribution is -2.16. The van der Waals surface area contributed by atoms with E-state index in [-0.39, 0.29) is 23.7 Å². The highest BCUT2D eigenvalue weighted by Gasteiger charge is 2.29. The van der Waals surface area contributed by atoms with Gasteiger partial charge >= 0.3 is 5.97 Å². The normalized spacial score (nSPS) is 18.8.